The highest BCUT2D eigenvalue weighted by Crippen LogP contribution is 2.22. The number of carbonyl (C=O) groups is 1. The third kappa shape index (κ3) is 3.10. The molecule has 0 bridgehead atoms. The molecular weight excluding hydrogens is 300 g/mol. The third-order valence-corrected chi connectivity index (χ3v) is 4.26. The zero-order valence-electron chi connectivity index (χ0n) is 12.6. The second-order valence-electron chi connectivity index (χ2n) is 5.13. The Morgan fingerprint density at radius 1 is 1.27 bits per heavy atom. The molecule has 6 nitrogen and oxygen atoms in total. The number of ether oxygens (including phenoxy) is 1. The smallest absolute Gasteiger partial charge is 0.256 e. The van der Waals surface area contributed by atoms with Crippen molar-refractivity contribution in [2.24, 2.45) is 0 Å². The van der Waals surface area contributed by atoms with Gasteiger partial charge < -0.3 is 15.0 Å². The van der Waals surface area contributed by atoms with E-state index in [0.29, 0.717) is 30.4 Å². The van der Waals surface area contributed by atoms with Gasteiger partial charge in [-0.3, -0.25) is 4.79 Å². The van der Waals surface area contributed by atoms with Crippen molar-refractivity contribution in [3.8, 4) is 0 Å². The molecule has 0 atom stereocenters. The van der Waals surface area contributed by atoms with E-state index in [2.05, 4.69) is 20.2 Å². The first kappa shape index (κ1) is 14.9. The summed E-state index contributed by atoms with van der Waals surface area (Å²) in [5.41, 5.74) is 2.89. The van der Waals surface area contributed by atoms with Crippen LogP contribution in [0.5, 0.6) is 0 Å². The Bertz CT molecular complexity index is 643. The van der Waals surface area contributed by atoms with Crippen LogP contribution in [-0.4, -0.2) is 42.2 Å². The van der Waals surface area contributed by atoms with Gasteiger partial charge in [-0.15, -0.1) is 0 Å². The van der Waals surface area contributed by atoms with Crippen molar-refractivity contribution in [2.45, 2.75) is 13.8 Å². The Morgan fingerprint density at radius 3 is 2.55 bits per heavy atom. The first-order valence-corrected chi connectivity index (χ1v) is 8.11. The lowest BCUT2D eigenvalue weighted by molar-refractivity contribution is 0.102. The van der Waals surface area contributed by atoms with Crippen molar-refractivity contribution in [2.75, 3.05) is 36.5 Å². The predicted molar refractivity (Wildman–Crippen MR) is 86.8 cm³/mol. The summed E-state index contributed by atoms with van der Waals surface area (Å²) in [6, 6.07) is 1.80. The van der Waals surface area contributed by atoms with Crippen molar-refractivity contribution in [3.05, 3.63) is 33.8 Å². The summed E-state index contributed by atoms with van der Waals surface area (Å²) < 4.78 is 5.35. The molecule has 3 heterocycles. The fourth-order valence-electron chi connectivity index (χ4n) is 2.36. The molecule has 1 N–H and O–H groups in total. The summed E-state index contributed by atoms with van der Waals surface area (Å²) in [5, 5.41) is 6.61. The van der Waals surface area contributed by atoms with Crippen molar-refractivity contribution >= 4 is 28.9 Å². The number of hydrogen-bond donors (Lipinski definition) is 1. The van der Waals surface area contributed by atoms with Gasteiger partial charge in [0.2, 0.25) is 5.95 Å². The lowest BCUT2D eigenvalue weighted by Crippen LogP contribution is -2.37. The first-order chi connectivity index (χ1) is 10.6. The number of carbonyl (C=O) groups excluding carboxylic acids is 1. The van der Waals surface area contributed by atoms with Crippen molar-refractivity contribution < 1.29 is 9.53 Å². The van der Waals surface area contributed by atoms with Crippen LogP contribution in [0.25, 0.3) is 0 Å². The Hall–Kier alpha value is -1.99. The van der Waals surface area contributed by atoms with Crippen LogP contribution in [0.2, 0.25) is 0 Å². The Labute approximate surface area is 133 Å². The fraction of sp³-hybridized carbons (Fsp3) is 0.400. The SMILES string of the molecule is Cc1nc(N2CCOCC2)nc(C)c1NC(=O)c1ccsc1. The van der Waals surface area contributed by atoms with E-state index in [-0.39, 0.29) is 5.91 Å². The molecule has 1 fully saturated rings. The van der Waals surface area contributed by atoms with Crippen LogP contribution in [0.4, 0.5) is 11.6 Å². The number of anilines is 2. The molecule has 0 radical (unpaired) electrons. The van der Waals surface area contributed by atoms with E-state index < -0.39 is 0 Å². The number of nitrogens with one attached hydrogen (secondary N) is 1. The highest BCUT2D eigenvalue weighted by Gasteiger charge is 2.18. The lowest BCUT2D eigenvalue weighted by Gasteiger charge is -2.27. The van der Waals surface area contributed by atoms with E-state index in [1.54, 1.807) is 6.07 Å². The molecule has 0 spiro atoms. The second kappa shape index (κ2) is 6.41. The topological polar surface area (TPSA) is 67.3 Å². The summed E-state index contributed by atoms with van der Waals surface area (Å²) in [4.78, 5) is 23.4. The van der Waals surface area contributed by atoms with E-state index in [1.165, 1.54) is 11.3 Å². The quantitative estimate of drug-likeness (QED) is 0.940. The zero-order valence-corrected chi connectivity index (χ0v) is 13.4. The number of amides is 1. The number of thiophene rings is 1. The van der Waals surface area contributed by atoms with E-state index in [1.807, 2.05) is 24.6 Å². The molecule has 2 aromatic rings. The van der Waals surface area contributed by atoms with Gasteiger partial charge >= 0.3 is 0 Å². The van der Waals surface area contributed by atoms with Crippen LogP contribution in [0.3, 0.4) is 0 Å². The minimum atomic E-state index is -0.129. The molecule has 2 aromatic heterocycles. The average Bonchev–Trinajstić information content (AvgIpc) is 3.06. The molecule has 1 saturated heterocycles. The first-order valence-electron chi connectivity index (χ1n) is 7.16. The number of nitrogens with zero attached hydrogens (tertiary/aromatic N) is 3. The Kier molecular flexibility index (Phi) is 4.35. The molecule has 22 heavy (non-hydrogen) atoms. The highest BCUT2D eigenvalue weighted by molar-refractivity contribution is 7.08. The summed E-state index contributed by atoms with van der Waals surface area (Å²) in [5.74, 6) is 0.571. The van der Waals surface area contributed by atoms with Gasteiger partial charge in [0, 0.05) is 18.5 Å². The number of aromatic nitrogens is 2. The standard InChI is InChI=1S/C15H18N4O2S/c1-10-13(18-14(20)12-3-8-22-9-12)11(2)17-15(16-10)19-4-6-21-7-5-19/h3,8-9H,4-7H2,1-2H3,(H,18,20). The summed E-state index contributed by atoms with van der Waals surface area (Å²) in [6.45, 7) is 6.75. The normalized spacial score (nSPS) is 14.9. The fourth-order valence-corrected chi connectivity index (χ4v) is 3.00. The third-order valence-electron chi connectivity index (χ3n) is 3.57. The van der Waals surface area contributed by atoms with E-state index >= 15 is 0 Å². The maximum Gasteiger partial charge on any atom is 0.256 e. The molecule has 1 aliphatic heterocycles. The molecular formula is C15H18N4O2S. The van der Waals surface area contributed by atoms with Crippen molar-refractivity contribution in [1.82, 2.24) is 9.97 Å². The van der Waals surface area contributed by atoms with Gasteiger partial charge in [0.15, 0.2) is 0 Å². The van der Waals surface area contributed by atoms with Gasteiger partial charge in [-0.25, -0.2) is 9.97 Å². The van der Waals surface area contributed by atoms with Gasteiger partial charge in [-0.05, 0) is 25.3 Å². The Morgan fingerprint density at radius 2 is 1.95 bits per heavy atom. The van der Waals surface area contributed by atoms with E-state index in [4.69, 9.17) is 4.74 Å². The van der Waals surface area contributed by atoms with Gasteiger partial charge in [-0.2, -0.15) is 11.3 Å². The second-order valence-corrected chi connectivity index (χ2v) is 5.92. The minimum absolute atomic E-state index is 0.129. The summed E-state index contributed by atoms with van der Waals surface area (Å²) in [6.07, 6.45) is 0. The van der Waals surface area contributed by atoms with Gasteiger partial charge in [0.25, 0.3) is 5.91 Å². The highest BCUT2D eigenvalue weighted by atomic mass is 32.1. The number of rotatable bonds is 3. The molecule has 0 unspecified atom stereocenters. The molecule has 0 aliphatic carbocycles. The maximum absolute atomic E-state index is 12.2. The van der Waals surface area contributed by atoms with E-state index in [0.717, 1.165) is 24.5 Å². The molecule has 0 aromatic carbocycles. The molecule has 3 rings (SSSR count). The summed E-state index contributed by atoms with van der Waals surface area (Å²) in [7, 11) is 0. The van der Waals surface area contributed by atoms with Crippen LogP contribution in [0.15, 0.2) is 16.8 Å². The number of aryl methyl sites for hydroxylation is 2. The predicted octanol–water partition coefficient (Wildman–Crippen LogP) is 2.24. The van der Waals surface area contributed by atoms with Crippen molar-refractivity contribution in [1.29, 1.82) is 0 Å². The molecule has 0 saturated carbocycles. The minimum Gasteiger partial charge on any atom is -0.378 e. The molecule has 116 valence electrons. The zero-order chi connectivity index (χ0) is 15.5. The van der Waals surface area contributed by atoms with Crippen LogP contribution in [0, 0.1) is 13.8 Å². The monoisotopic (exact) mass is 318 g/mol. The van der Waals surface area contributed by atoms with Crippen LogP contribution in [-0.2, 0) is 4.74 Å². The van der Waals surface area contributed by atoms with E-state index in [9.17, 15) is 4.79 Å². The summed E-state index contributed by atoms with van der Waals surface area (Å²) >= 11 is 1.50. The number of morpholine rings is 1. The van der Waals surface area contributed by atoms with Crippen molar-refractivity contribution in [3.63, 3.8) is 0 Å². The van der Waals surface area contributed by atoms with Gasteiger partial charge in [0.1, 0.15) is 0 Å². The Balaban J connectivity index is 1.82. The van der Waals surface area contributed by atoms with Crippen LogP contribution in [0.1, 0.15) is 21.7 Å². The van der Waals surface area contributed by atoms with Gasteiger partial charge in [0.05, 0.1) is 35.9 Å². The average molecular weight is 318 g/mol. The maximum atomic E-state index is 12.2. The van der Waals surface area contributed by atoms with Crippen LogP contribution >= 0.6 is 11.3 Å². The molecule has 1 aliphatic rings. The largest absolute Gasteiger partial charge is 0.378 e. The molecule has 1 amide bonds. The molecule has 7 heteroatoms. The lowest BCUT2D eigenvalue weighted by atomic mass is 10.2. The van der Waals surface area contributed by atoms with Crippen LogP contribution < -0.4 is 10.2 Å². The van der Waals surface area contributed by atoms with Gasteiger partial charge in [-0.1, -0.05) is 0 Å². The number of hydrogen-bond acceptors (Lipinski definition) is 6.